The zero-order chi connectivity index (χ0) is 16.4. The summed E-state index contributed by atoms with van der Waals surface area (Å²) in [6.45, 7) is 6.93. The number of benzene rings is 2. The molecule has 0 aromatic heterocycles. The summed E-state index contributed by atoms with van der Waals surface area (Å²) >= 11 is 0. The van der Waals surface area contributed by atoms with Crippen molar-refractivity contribution in [1.29, 1.82) is 0 Å². The Morgan fingerprint density at radius 3 is 2.61 bits per heavy atom. The van der Waals surface area contributed by atoms with Crippen LogP contribution in [0.3, 0.4) is 0 Å². The van der Waals surface area contributed by atoms with Crippen LogP contribution in [0.4, 0.5) is 4.39 Å². The molecule has 1 saturated heterocycles. The fourth-order valence-corrected chi connectivity index (χ4v) is 2.95. The molecular formula is C19H22FNO2. The van der Waals surface area contributed by atoms with Gasteiger partial charge in [-0.05, 0) is 48.7 Å². The third-order valence-corrected chi connectivity index (χ3v) is 4.48. The van der Waals surface area contributed by atoms with Crippen LogP contribution in [-0.2, 0) is 11.3 Å². The lowest BCUT2D eigenvalue weighted by atomic mass is 10.0. The van der Waals surface area contributed by atoms with Crippen LogP contribution < -0.4 is 0 Å². The van der Waals surface area contributed by atoms with Gasteiger partial charge in [-0.2, -0.15) is 0 Å². The molecule has 0 saturated carbocycles. The molecule has 0 bridgehead atoms. The summed E-state index contributed by atoms with van der Waals surface area (Å²) in [5.74, 6) is 0.111. The number of aryl methyl sites for hydroxylation is 2. The second-order valence-corrected chi connectivity index (χ2v) is 6.21. The molecule has 0 aliphatic carbocycles. The predicted molar refractivity (Wildman–Crippen MR) is 88.0 cm³/mol. The number of hydrogen-bond donors (Lipinski definition) is 1. The number of morpholine rings is 1. The molecule has 1 N–H and O–H groups in total. The van der Waals surface area contributed by atoms with E-state index in [4.69, 9.17) is 4.74 Å². The van der Waals surface area contributed by atoms with E-state index in [2.05, 4.69) is 11.8 Å². The summed E-state index contributed by atoms with van der Waals surface area (Å²) in [5, 5.41) is 10.2. The van der Waals surface area contributed by atoms with Gasteiger partial charge in [-0.3, -0.25) is 4.90 Å². The number of halogens is 1. The first-order chi connectivity index (χ1) is 11.0. The maximum atomic E-state index is 13.1. The van der Waals surface area contributed by atoms with Crippen molar-refractivity contribution in [2.24, 2.45) is 0 Å². The number of hydrogen-bond acceptors (Lipinski definition) is 3. The highest BCUT2D eigenvalue weighted by molar-refractivity contribution is 5.40. The SMILES string of the molecule is Cc1cc(O)c(CN2CCOC(c3ccc(F)cc3)C2)cc1C. The summed E-state index contributed by atoms with van der Waals surface area (Å²) in [6.07, 6.45) is -0.0574. The number of nitrogens with zero attached hydrogens (tertiary/aromatic N) is 1. The summed E-state index contributed by atoms with van der Waals surface area (Å²) in [7, 11) is 0. The molecule has 1 fully saturated rings. The molecule has 2 aromatic carbocycles. The standard InChI is InChI=1S/C19H22FNO2/c1-13-9-16(18(22)10-14(13)2)11-21-7-8-23-19(12-21)15-3-5-17(20)6-4-15/h3-6,9-10,19,22H,7-8,11-12H2,1-2H3. The van der Waals surface area contributed by atoms with Gasteiger partial charge in [-0.1, -0.05) is 18.2 Å². The van der Waals surface area contributed by atoms with Gasteiger partial charge in [-0.25, -0.2) is 4.39 Å². The molecule has 4 heteroatoms. The average molecular weight is 315 g/mol. The van der Waals surface area contributed by atoms with E-state index in [-0.39, 0.29) is 11.9 Å². The van der Waals surface area contributed by atoms with E-state index < -0.39 is 0 Å². The average Bonchev–Trinajstić information content (AvgIpc) is 2.53. The number of ether oxygens (including phenoxy) is 1. The Morgan fingerprint density at radius 2 is 1.87 bits per heavy atom. The first kappa shape index (κ1) is 16.0. The predicted octanol–water partition coefficient (Wildman–Crippen LogP) is 3.72. The van der Waals surface area contributed by atoms with Gasteiger partial charge < -0.3 is 9.84 Å². The summed E-state index contributed by atoms with van der Waals surface area (Å²) < 4.78 is 18.9. The minimum Gasteiger partial charge on any atom is -0.508 e. The third-order valence-electron chi connectivity index (χ3n) is 4.48. The lowest BCUT2D eigenvalue weighted by Crippen LogP contribution is -2.37. The Labute approximate surface area is 136 Å². The molecule has 1 atom stereocenters. The monoisotopic (exact) mass is 315 g/mol. The molecule has 0 amide bonds. The van der Waals surface area contributed by atoms with Gasteiger partial charge in [-0.15, -0.1) is 0 Å². The van der Waals surface area contributed by atoms with Crippen molar-refractivity contribution in [3.8, 4) is 5.75 Å². The van der Waals surface area contributed by atoms with Gasteiger partial charge in [0, 0.05) is 25.2 Å². The molecule has 1 aliphatic rings. The van der Waals surface area contributed by atoms with Crippen molar-refractivity contribution in [2.45, 2.75) is 26.5 Å². The molecule has 122 valence electrons. The van der Waals surface area contributed by atoms with E-state index in [1.54, 1.807) is 12.1 Å². The van der Waals surface area contributed by atoms with E-state index >= 15 is 0 Å². The minimum absolute atomic E-state index is 0.0574. The Bertz CT molecular complexity index is 685. The molecule has 1 heterocycles. The van der Waals surface area contributed by atoms with E-state index in [9.17, 15) is 9.50 Å². The van der Waals surface area contributed by atoms with Gasteiger partial charge in [0.15, 0.2) is 0 Å². The Morgan fingerprint density at radius 1 is 1.17 bits per heavy atom. The van der Waals surface area contributed by atoms with Gasteiger partial charge >= 0.3 is 0 Å². The molecule has 0 radical (unpaired) electrons. The molecule has 3 rings (SSSR count). The molecular weight excluding hydrogens is 293 g/mol. The molecule has 0 spiro atoms. The fourth-order valence-electron chi connectivity index (χ4n) is 2.95. The second-order valence-electron chi connectivity index (χ2n) is 6.21. The van der Waals surface area contributed by atoms with Gasteiger partial charge in [0.2, 0.25) is 0 Å². The zero-order valence-corrected chi connectivity index (χ0v) is 13.6. The normalized spacial score (nSPS) is 19.0. The Kier molecular flexibility index (Phi) is 4.64. The van der Waals surface area contributed by atoms with Crippen molar-refractivity contribution >= 4 is 0 Å². The third kappa shape index (κ3) is 3.71. The van der Waals surface area contributed by atoms with Crippen LogP contribution >= 0.6 is 0 Å². The van der Waals surface area contributed by atoms with Crippen LogP contribution in [0.25, 0.3) is 0 Å². The smallest absolute Gasteiger partial charge is 0.123 e. The zero-order valence-electron chi connectivity index (χ0n) is 13.6. The van der Waals surface area contributed by atoms with Crippen molar-refractivity contribution in [1.82, 2.24) is 4.90 Å². The lowest BCUT2D eigenvalue weighted by Gasteiger charge is -2.33. The van der Waals surface area contributed by atoms with E-state index in [1.807, 2.05) is 19.1 Å². The van der Waals surface area contributed by atoms with Crippen LogP contribution in [0.15, 0.2) is 36.4 Å². The Balaban J connectivity index is 1.72. The number of rotatable bonds is 3. The van der Waals surface area contributed by atoms with E-state index in [0.717, 1.165) is 29.8 Å². The fraction of sp³-hybridized carbons (Fsp3) is 0.368. The summed E-state index contributed by atoms with van der Waals surface area (Å²) in [6, 6.07) is 10.4. The largest absolute Gasteiger partial charge is 0.508 e. The highest BCUT2D eigenvalue weighted by Crippen LogP contribution is 2.27. The van der Waals surface area contributed by atoms with E-state index in [1.165, 1.54) is 17.7 Å². The minimum atomic E-state index is -0.235. The van der Waals surface area contributed by atoms with Gasteiger partial charge in [0.05, 0.1) is 12.7 Å². The van der Waals surface area contributed by atoms with Gasteiger partial charge in [0.1, 0.15) is 11.6 Å². The van der Waals surface area contributed by atoms with Crippen molar-refractivity contribution in [2.75, 3.05) is 19.7 Å². The maximum Gasteiger partial charge on any atom is 0.123 e. The molecule has 23 heavy (non-hydrogen) atoms. The molecule has 3 nitrogen and oxygen atoms in total. The van der Waals surface area contributed by atoms with Crippen LogP contribution in [0.5, 0.6) is 5.75 Å². The number of phenols is 1. The number of aromatic hydroxyl groups is 1. The van der Waals surface area contributed by atoms with Crippen LogP contribution in [0, 0.1) is 19.7 Å². The first-order valence-corrected chi connectivity index (χ1v) is 7.91. The summed E-state index contributed by atoms with van der Waals surface area (Å²) in [5.41, 5.74) is 4.20. The topological polar surface area (TPSA) is 32.7 Å². The molecule has 2 aromatic rings. The molecule has 1 aliphatic heterocycles. The highest BCUT2D eigenvalue weighted by atomic mass is 19.1. The van der Waals surface area contributed by atoms with Gasteiger partial charge in [0.25, 0.3) is 0 Å². The molecule has 1 unspecified atom stereocenters. The van der Waals surface area contributed by atoms with Crippen molar-refractivity contribution in [3.63, 3.8) is 0 Å². The van der Waals surface area contributed by atoms with Crippen molar-refractivity contribution < 1.29 is 14.2 Å². The summed E-state index contributed by atoms with van der Waals surface area (Å²) in [4.78, 5) is 2.27. The van der Waals surface area contributed by atoms with Crippen LogP contribution in [0.2, 0.25) is 0 Å². The Hall–Kier alpha value is -1.91. The number of phenolic OH excluding ortho intramolecular Hbond substituents is 1. The van der Waals surface area contributed by atoms with Crippen LogP contribution in [-0.4, -0.2) is 29.7 Å². The lowest BCUT2D eigenvalue weighted by molar-refractivity contribution is -0.0331. The second kappa shape index (κ2) is 6.69. The maximum absolute atomic E-state index is 13.1. The highest BCUT2D eigenvalue weighted by Gasteiger charge is 2.22. The quantitative estimate of drug-likeness (QED) is 0.937. The van der Waals surface area contributed by atoms with Crippen LogP contribution in [0.1, 0.15) is 28.4 Å². The van der Waals surface area contributed by atoms with E-state index in [0.29, 0.717) is 18.9 Å². The van der Waals surface area contributed by atoms with Crippen molar-refractivity contribution in [3.05, 3.63) is 64.5 Å². The first-order valence-electron chi connectivity index (χ1n) is 7.91.